The summed E-state index contributed by atoms with van der Waals surface area (Å²) in [6.07, 6.45) is 0. The van der Waals surface area contributed by atoms with Crippen molar-refractivity contribution in [3.05, 3.63) is 89.5 Å². The van der Waals surface area contributed by atoms with Gasteiger partial charge in [-0.3, -0.25) is 0 Å². The van der Waals surface area contributed by atoms with Gasteiger partial charge in [0.1, 0.15) is 12.4 Å². The second-order valence-corrected chi connectivity index (χ2v) is 5.40. The lowest BCUT2D eigenvalue weighted by molar-refractivity contribution is 0.0466. The van der Waals surface area contributed by atoms with E-state index in [-0.39, 0.29) is 17.9 Å². The Hall–Kier alpha value is -3.21. The van der Waals surface area contributed by atoms with Crippen LogP contribution in [0.1, 0.15) is 15.9 Å². The van der Waals surface area contributed by atoms with Crippen LogP contribution in [-0.4, -0.2) is 11.1 Å². The fourth-order valence-electron chi connectivity index (χ4n) is 2.40. The first-order valence-corrected chi connectivity index (χ1v) is 7.54. The molecule has 0 fully saturated rings. The monoisotopic (exact) mass is 340 g/mol. The highest BCUT2D eigenvalue weighted by Crippen LogP contribution is 2.28. The van der Waals surface area contributed by atoms with Gasteiger partial charge in [0.15, 0.2) is 11.6 Å². The third kappa shape index (κ3) is 3.66. The summed E-state index contributed by atoms with van der Waals surface area (Å²) in [4.78, 5) is 12.0. The average Bonchev–Trinajstić information content (AvgIpc) is 2.63. The van der Waals surface area contributed by atoms with Crippen LogP contribution in [0.4, 0.5) is 8.78 Å². The van der Waals surface area contributed by atoms with Crippen molar-refractivity contribution in [1.29, 1.82) is 0 Å². The standard InChI is InChI=1S/C20H14F2O3/c21-18-16(14-7-4-8-15(23)11-14)9-10-17(19(18)22)20(24)25-12-13-5-2-1-3-6-13/h1-11,23H,12H2. The fourth-order valence-corrected chi connectivity index (χ4v) is 2.40. The van der Waals surface area contributed by atoms with Crippen molar-refractivity contribution in [3.63, 3.8) is 0 Å². The number of carbonyl (C=O) groups excluding carboxylic acids is 1. The first kappa shape index (κ1) is 16.6. The Morgan fingerprint density at radius 3 is 2.40 bits per heavy atom. The Morgan fingerprint density at radius 1 is 0.920 bits per heavy atom. The van der Waals surface area contributed by atoms with Crippen LogP contribution in [0, 0.1) is 11.6 Å². The molecular weight excluding hydrogens is 326 g/mol. The number of aromatic hydroxyl groups is 1. The van der Waals surface area contributed by atoms with Crippen LogP contribution in [0.5, 0.6) is 5.75 Å². The molecule has 1 N–H and O–H groups in total. The van der Waals surface area contributed by atoms with Crippen molar-refractivity contribution in [2.75, 3.05) is 0 Å². The van der Waals surface area contributed by atoms with Gasteiger partial charge in [-0.1, -0.05) is 48.5 Å². The van der Waals surface area contributed by atoms with Gasteiger partial charge in [0, 0.05) is 5.56 Å². The van der Waals surface area contributed by atoms with Gasteiger partial charge in [0.05, 0.1) is 5.56 Å². The summed E-state index contributed by atoms with van der Waals surface area (Å²) < 4.78 is 33.7. The van der Waals surface area contributed by atoms with Gasteiger partial charge in [-0.25, -0.2) is 13.6 Å². The van der Waals surface area contributed by atoms with Crippen LogP contribution in [0.2, 0.25) is 0 Å². The zero-order valence-electron chi connectivity index (χ0n) is 13.1. The molecule has 0 amide bonds. The van der Waals surface area contributed by atoms with E-state index in [1.165, 1.54) is 36.4 Å². The normalized spacial score (nSPS) is 10.5. The van der Waals surface area contributed by atoms with Gasteiger partial charge in [-0.2, -0.15) is 0 Å². The summed E-state index contributed by atoms with van der Waals surface area (Å²) in [5, 5.41) is 9.47. The zero-order chi connectivity index (χ0) is 17.8. The molecule has 0 saturated carbocycles. The highest BCUT2D eigenvalue weighted by molar-refractivity contribution is 5.90. The molecule has 3 nitrogen and oxygen atoms in total. The molecule has 0 aliphatic carbocycles. The summed E-state index contributed by atoms with van der Waals surface area (Å²) >= 11 is 0. The third-order valence-corrected chi connectivity index (χ3v) is 3.67. The number of rotatable bonds is 4. The Kier molecular flexibility index (Phi) is 4.75. The predicted molar refractivity (Wildman–Crippen MR) is 89.0 cm³/mol. The molecule has 0 unspecified atom stereocenters. The summed E-state index contributed by atoms with van der Waals surface area (Å²) in [6, 6.07) is 17.1. The van der Waals surface area contributed by atoms with Gasteiger partial charge in [0.25, 0.3) is 0 Å². The molecule has 3 rings (SSSR count). The highest BCUT2D eigenvalue weighted by atomic mass is 19.2. The Labute approximate surface area is 143 Å². The van der Waals surface area contributed by atoms with E-state index in [1.807, 2.05) is 6.07 Å². The topological polar surface area (TPSA) is 46.5 Å². The molecule has 3 aromatic carbocycles. The number of ether oxygens (including phenoxy) is 1. The molecule has 25 heavy (non-hydrogen) atoms. The SMILES string of the molecule is O=C(OCc1ccccc1)c1ccc(-c2cccc(O)c2)c(F)c1F. The number of esters is 1. The van der Waals surface area contributed by atoms with Crippen LogP contribution in [0.15, 0.2) is 66.7 Å². The van der Waals surface area contributed by atoms with Crippen LogP contribution in [0.25, 0.3) is 11.1 Å². The first-order chi connectivity index (χ1) is 12.1. The number of benzene rings is 3. The number of phenolic OH excluding ortho intramolecular Hbond substituents is 1. The third-order valence-electron chi connectivity index (χ3n) is 3.67. The van der Waals surface area contributed by atoms with Crippen molar-refractivity contribution in [1.82, 2.24) is 0 Å². The van der Waals surface area contributed by atoms with E-state index in [0.717, 1.165) is 5.56 Å². The Balaban J connectivity index is 1.83. The van der Waals surface area contributed by atoms with E-state index in [4.69, 9.17) is 4.74 Å². The van der Waals surface area contributed by atoms with E-state index in [9.17, 15) is 18.7 Å². The fraction of sp³-hybridized carbons (Fsp3) is 0.0500. The number of hydrogen-bond donors (Lipinski definition) is 1. The molecule has 0 atom stereocenters. The molecular formula is C20H14F2O3. The minimum Gasteiger partial charge on any atom is -0.508 e. The molecule has 0 aliphatic heterocycles. The van der Waals surface area contributed by atoms with E-state index < -0.39 is 23.2 Å². The molecule has 0 radical (unpaired) electrons. The van der Waals surface area contributed by atoms with Crippen LogP contribution in [-0.2, 0) is 11.3 Å². The van der Waals surface area contributed by atoms with Gasteiger partial charge >= 0.3 is 5.97 Å². The van der Waals surface area contributed by atoms with Crippen molar-refractivity contribution in [3.8, 4) is 16.9 Å². The average molecular weight is 340 g/mol. The minimum absolute atomic E-state index is 0.0327. The van der Waals surface area contributed by atoms with E-state index >= 15 is 0 Å². The molecule has 5 heteroatoms. The molecule has 126 valence electrons. The van der Waals surface area contributed by atoms with Gasteiger partial charge in [0.2, 0.25) is 0 Å². The molecule has 0 saturated heterocycles. The van der Waals surface area contributed by atoms with Crippen molar-refractivity contribution in [2.45, 2.75) is 6.61 Å². The lowest BCUT2D eigenvalue weighted by Crippen LogP contribution is -2.09. The highest BCUT2D eigenvalue weighted by Gasteiger charge is 2.20. The number of carbonyl (C=O) groups is 1. The minimum atomic E-state index is -1.28. The lowest BCUT2D eigenvalue weighted by atomic mass is 10.0. The van der Waals surface area contributed by atoms with E-state index in [1.54, 1.807) is 24.3 Å². The van der Waals surface area contributed by atoms with Crippen LogP contribution < -0.4 is 0 Å². The van der Waals surface area contributed by atoms with Gasteiger partial charge in [-0.05, 0) is 29.3 Å². The Morgan fingerprint density at radius 2 is 1.68 bits per heavy atom. The molecule has 0 aromatic heterocycles. The van der Waals surface area contributed by atoms with E-state index in [0.29, 0.717) is 5.56 Å². The molecule has 0 aliphatic rings. The number of halogens is 2. The van der Waals surface area contributed by atoms with Crippen LogP contribution in [0.3, 0.4) is 0 Å². The van der Waals surface area contributed by atoms with Crippen molar-refractivity contribution in [2.24, 2.45) is 0 Å². The van der Waals surface area contributed by atoms with E-state index in [2.05, 4.69) is 0 Å². The quantitative estimate of drug-likeness (QED) is 0.701. The second-order valence-electron chi connectivity index (χ2n) is 5.40. The number of phenols is 1. The molecule has 0 heterocycles. The molecule has 0 spiro atoms. The van der Waals surface area contributed by atoms with Crippen molar-refractivity contribution < 1.29 is 23.4 Å². The predicted octanol–water partition coefficient (Wildman–Crippen LogP) is 4.69. The lowest BCUT2D eigenvalue weighted by Gasteiger charge is -2.09. The maximum absolute atomic E-state index is 14.3. The zero-order valence-corrected chi connectivity index (χ0v) is 13.1. The van der Waals surface area contributed by atoms with Crippen LogP contribution >= 0.6 is 0 Å². The molecule has 3 aromatic rings. The summed E-state index contributed by atoms with van der Waals surface area (Å²) in [5.41, 5.74) is 0.527. The smallest absolute Gasteiger partial charge is 0.341 e. The largest absolute Gasteiger partial charge is 0.508 e. The maximum atomic E-state index is 14.3. The molecule has 0 bridgehead atoms. The second kappa shape index (κ2) is 7.13. The first-order valence-electron chi connectivity index (χ1n) is 7.54. The van der Waals surface area contributed by atoms with Gasteiger partial charge < -0.3 is 9.84 Å². The summed E-state index contributed by atoms with van der Waals surface area (Å²) in [6.45, 7) is -0.0327. The summed E-state index contributed by atoms with van der Waals surface area (Å²) in [5.74, 6) is -3.45. The van der Waals surface area contributed by atoms with Crippen molar-refractivity contribution >= 4 is 5.97 Å². The Bertz CT molecular complexity index is 908. The summed E-state index contributed by atoms with van der Waals surface area (Å²) in [7, 11) is 0. The maximum Gasteiger partial charge on any atom is 0.341 e. The number of hydrogen-bond acceptors (Lipinski definition) is 3. The van der Waals surface area contributed by atoms with Gasteiger partial charge in [-0.15, -0.1) is 0 Å².